The van der Waals surface area contributed by atoms with Crippen LogP contribution in [0, 0.1) is 0 Å². The smallest absolute Gasteiger partial charge is 0.409 e. The van der Waals surface area contributed by atoms with E-state index in [-0.39, 0.29) is 12.0 Å². The van der Waals surface area contributed by atoms with Crippen molar-refractivity contribution in [3.8, 4) is 0 Å². The number of anilines is 1. The highest BCUT2D eigenvalue weighted by atomic mass is 35.5. The number of pyridine rings is 1. The number of fused-ring (bicyclic) bond motifs is 1. The third-order valence-electron chi connectivity index (χ3n) is 3.92. The van der Waals surface area contributed by atoms with Gasteiger partial charge in [0.1, 0.15) is 0 Å². The van der Waals surface area contributed by atoms with Crippen molar-refractivity contribution in [2.75, 3.05) is 19.0 Å². The maximum atomic E-state index is 12.6. The molecule has 1 aliphatic rings. The van der Waals surface area contributed by atoms with Crippen LogP contribution in [0.3, 0.4) is 0 Å². The fourth-order valence-corrected chi connectivity index (χ4v) is 2.83. The van der Waals surface area contributed by atoms with Gasteiger partial charge in [-0.25, -0.2) is 4.79 Å². The first-order chi connectivity index (χ1) is 11.6. The van der Waals surface area contributed by atoms with Gasteiger partial charge in [0, 0.05) is 29.6 Å². The van der Waals surface area contributed by atoms with Gasteiger partial charge < -0.3 is 15.0 Å². The Morgan fingerprint density at radius 1 is 1.25 bits per heavy atom. The monoisotopic (exact) mass is 345 g/mol. The number of rotatable bonds is 2. The SMILES string of the molecule is COC(=O)N1CCc2c(cncc2C(=O)Nc2ccc(Cl)cc2)C1. The molecule has 0 atom stereocenters. The summed E-state index contributed by atoms with van der Waals surface area (Å²) in [5.74, 6) is -0.229. The van der Waals surface area contributed by atoms with E-state index in [1.54, 1.807) is 41.6 Å². The van der Waals surface area contributed by atoms with Crippen LogP contribution in [0.1, 0.15) is 21.5 Å². The van der Waals surface area contributed by atoms with Crippen LogP contribution in [-0.2, 0) is 17.7 Å². The quantitative estimate of drug-likeness (QED) is 0.907. The summed E-state index contributed by atoms with van der Waals surface area (Å²) >= 11 is 5.85. The van der Waals surface area contributed by atoms with Crippen LogP contribution in [0.15, 0.2) is 36.7 Å². The Labute approximate surface area is 144 Å². The molecule has 0 bridgehead atoms. The van der Waals surface area contributed by atoms with Crippen LogP contribution < -0.4 is 5.32 Å². The number of halogens is 1. The van der Waals surface area contributed by atoms with Gasteiger partial charge in [-0.3, -0.25) is 9.78 Å². The van der Waals surface area contributed by atoms with Gasteiger partial charge >= 0.3 is 6.09 Å². The van der Waals surface area contributed by atoms with Gasteiger partial charge in [0.05, 0.1) is 19.2 Å². The molecule has 0 saturated carbocycles. The summed E-state index contributed by atoms with van der Waals surface area (Å²) in [4.78, 5) is 29.9. The molecule has 2 aromatic rings. The maximum absolute atomic E-state index is 12.6. The fourth-order valence-electron chi connectivity index (χ4n) is 2.71. The number of aromatic nitrogens is 1. The first-order valence-electron chi connectivity index (χ1n) is 7.44. The lowest BCUT2D eigenvalue weighted by Gasteiger charge is -2.28. The normalized spacial score (nSPS) is 13.2. The minimum atomic E-state index is -0.378. The second-order valence-electron chi connectivity index (χ2n) is 5.43. The number of ether oxygens (including phenoxy) is 1. The summed E-state index contributed by atoms with van der Waals surface area (Å²) in [7, 11) is 1.35. The van der Waals surface area contributed by atoms with Crippen molar-refractivity contribution >= 4 is 29.3 Å². The van der Waals surface area contributed by atoms with Gasteiger partial charge in [0.25, 0.3) is 5.91 Å². The van der Waals surface area contributed by atoms with E-state index >= 15 is 0 Å². The van der Waals surface area contributed by atoms with Crippen LogP contribution in [0.5, 0.6) is 0 Å². The zero-order valence-electron chi connectivity index (χ0n) is 13.1. The van der Waals surface area contributed by atoms with Crippen molar-refractivity contribution in [2.24, 2.45) is 0 Å². The van der Waals surface area contributed by atoms with E-state index < -0.39 is 0 Å². The average Bonchev–Trinajstić information content (AvgIpc) is 2.61. The number of nitrogens with zero attached hydrogens (tertiary/aromatic N) is 2. The molecule has 2 amide bonds. The molecule has 6 nitrogen and oxygen atoms in total. The van der Waals surface area contributed by atoms with Crippen LogP contribution >= 0.6 is 11.6 Å². The van der Waals surface area contributed by atoms with Crippen LogP contribution in [0.25, 0.3) is 0 Å². The Morgan fingerprint density at radius 3 is 2.71 bits per heavy atom. The highest BCUT2D eigenvalue weighted by Crippen LogP contribution is 2.23. The van der Waals surface area contributed by atoms with Gasteiger partial charge in [0.15, 0.2) is 0 Å². The number of carbonyl (C=O) groups is 2. The number of hydrogen-bond acceptors (Lipinski definition) is 4. The van der Waals surface area contributed by atoms with E-state index in [2.05, 4.69) is 10.3 Å². The maximum Gasteiger partial charge on any atom is 0.409 e. The lowest BCUT2D eigenvalue weighted by molar-refractivity contribution is 0.102. The molecule has 0 spiro atoms. The molecule has 1 aliphatic heterocycles. The van der Waals surface area contributed by atoms with Crippen LogP contribution in [0.4, 0.5) is 10.5 Å². The summed E-state index contributed by atoms with van der Waals surface area (Å²) in [6.07, 6.45) is 3.44. The molecule has 1 aromatic carbocycles. The van der Waals surface area contributed by atoms with E-state index in [9.17, 15) is 9.59 Å². The molecule has 2 heterocycles. The molecule has 0 fully saturated rings. The van der Waals surface area contributed by atoms with Crippen molar-refractivity contribution in [1.29, 1.82) is 0 Å². The van der Waals surface area contributed by atoms with Crippen molar-refractivity contribution < 1.29 is 14.3 Å². The Balaban J connectivity index is 1.81. The minimum Gasteiger partial charge on any atom is -0.453 e. The molecule has 0 unspecified atom stereocenters. The van der Waals surface area contributed by atoms with Crippen molar-refractivity contribution in [3.63, 3.8) is 0 Å². The summed E-state index contributed by atoms with van der Waals surface area (Å²) in [5, 5.41) is 3.44. The standard InChI is InChI=1S/C17H16ClN3O3/c1-24-17(23)21-7-6-14-11(10-21)8-19-9-15(14)16(22)20-13-4-2-12(18)3-5-13/h2-5,8-9H,6-7,10H2,1H3,(H,20,22). The van der Waals surface area contributed by atoms with E-state index in [1.807, 2.05) is 0 Å². The molecule has 3 rings (SSSR count). The summed E-state index contributed by atoms with van der Waals surface area (Å²) in [5.41, 5.74) is 2.95. The van der Waals surface area contributed by atoms with Gasteiger partial charge in [-0.1, -0.05) is 11.6 Å². The molecule has 24 heavy (non-hydrogen) atoms. The largest absolute Gasteiger partial charge is 0.453 e. The number of amides is 2. The average molecular weight is 346 g/mol. The Morgan fingerprint density at radius 2 is 2.00 bits per heavy atom. The second kappa shape index (κ2) is 6.88. The number of methoxy groups -OCH3 is 1. The number of carbonyl (C=O) groups excluding carboxylic acids is 2. The van der Waals surface area contributed by atoms with E-state index in [0.29, 0.717) is 35.8 Å². The molecule has 124 valence electrons. The minimum absolute atomic E-state index is 0.229. The Hall–Kier alpha value is -2.60. The van der Waals surface area contributed by atoms with E-state index in [0.717, 1.165) is 11.1 Å². The lowest BCUT2D eigenvalue weighted by Crippen LogP contribution is -2.36. The van der Waals surface area contributed by atoms with Gasteiger partial charge in [0.2, 0.25) is 0 Å². The molecule has 1 N–H and O–H groups in total. The highest BCUT2D eigenvalue weighted by Gasteiger charge is 2.25. The third-order valence-corrected chi connectivity index (χ3v) is 4.17. The molecule has 0 saturated heterocycles. The van der Waals surface area contributed by atoms with E-state index in [1.165, 1.54) is 7.11 Å². The Kier molecular flexibility index (Phi) is 4.66. The van der Waals surface area contributed by atoms with Gasteiger partial charge in [-0.2, -0.15) is 0 Å². The molecule has 0 aliphatic carbocycles. The fraction of sp³-hybridized carbons (Fsp3) is 0.235. The second-order valence-corrected chi connectivity index (χ2v) is 5.86. The predicted molar refractivity (Wildman–Crippen MR) is 90.2 cm³/mol. The molecule has 0 radical (unpaired) electrons. The summed E-state index contributed by atoms with van der Waals surface area (Å²) in [6.45, 7) is 0.891. The predicted octanol–water partition coefficient (Wildman–Crippen LogP) is 3.11. The molecule has 1 aromatic heterocycles. The zero-order chi connectivity index (χ0) is 17.1. The summed E-state index contributed by atoms with van der Waals surface area (Å²) < 4.78 is 4.75. The highest BCUT2D eigenvalue weighted by molar-refractivity contribution is 6.30. The van der Waals surface area contributed by atoms with Crippen LogP contribution in [-0.4, -0.2) is 35.5 Å². The third kappa shape index (κ3) is 3.33. The molecule has 7 heteroatoms. The number of benzene rings is 1. The first-order valence-corrected chi connectivity index (χ1v) is 7.82. The lowest BCUT2D eigenvalue weighted by atomic mass is 9.97. The number of hydrogen-bond donors (Lipinski definition) is 1. The van der Waals surface area contributed by atoms with Gasteiger partial charge in [-0.05, 0) is 41.8 Å². The molecular weight excluding hydrogens is 330 g/mol. The van der Waals surface area contributed by atoms with Crippen molar-refractivity contribution in [1.82, 2.24) is 9.88 Å². The molecular formula is C17H16ClN3O3. The van der Waals surface area contributed by atoms with Gasteiger partial charge in [-0.15, -0.1) is 0 Å². The van der Waals surface area contributed by atoms with Crippen molar-refractivity contribution in [2.45, 2.75) is 13.0 Å². The number of nitrogens with one attached hydrogen (secondary N) is 1. The Bertz CT molecular complexity index is 777. The zero-order valence-corrected chi connectivity index (χ0v) is 13.8. The topological polar surface area (TPSA) is 71.5 Å². The van der Waals surface area contributed by atoms with E-state index in [4.69, 9.17) is 16.3 Å². The summed E-state index contributed by atoms with van der Waals surface area (Å²) in [6, 6.07) is 6.90. The van der Waals surface area contributed by atoms with Crippen LogP contribution in [0.2, 0.25) is 5.02 Å². The first kappa shape index (κ1) is 16.3. The van der Waals surface area contributed by atoms with Crippen molar-refractivity contribution in [3.05, 3.63) is 58.4 Å².